The van der Waals surface area contributed by atoms with Gasteiger partial charge in [0.15, 0.2) is 10.3 Å². The molecule has 3 nitrogen and oxygen atoms in total. The summed E-state index contributed by atoms with van der Waals surface area (Å²) in [7, 11) is 0. The monoisotopic (exact) mass is 254 g/mol. The summed E-state index contributed by atoms with van der Waals surface area (Å²) in [5, 5.41) is 0.395. The normalized spacial score (nSPS) is 10.2. The molecule has 1 heterocycles. The van der Waals surface area contributed by atoms with Gasteiger partial charge in [-0.25, -0.2) is 9.97 Å². The number of ether oxygens (including phenoxy) is 1. The van der Waals surface area contributed by atoms with Gasteiger partial charge in [-0.2, -0.15) is 0 Å². The van der Waals surface area contributed by atoms with Crippen LogP contribution in [0.5, 0.6) is 11.5 Å². The molecule has 0 aliphatic heterocycles. The van der Waals surface area contributed by atoms with E-state index in [1.54, 1.807) is 0 Å². The van der Waals surface area contributed by atoms with Crippen molar-refractivity contribution in [3.8, 4) is 11.5 Å². The lowest BCUT2D eigenvalue weighted by atomic mass is 10.2. The maximum atomic E-state index is 5.87. The van der Waals surface area contributed by atoms with Crippen molar-refractivity contribution in [2.24, 2.45) is 0 Å². The van der Waals surface area contributed by atoms with Gasteiger partial charge in [0.05, 0.1) is 0 Å². The zero-order valence-electron chi connectivity index (χ0n) is 8.45. The minimum Gasteiger partial charge on any atom is -0.451 e. The van der Waals surface area contributed by atoms with Crippen molar-refractivity contribution >= 4 is 23.2 Å². The summed E-state index contributed by atoms with van der Waals surface area (Å²) in [6, 6.07) is 7.55. The van der Waals surface area contributed by atoms with Gasteiger partial charge in [0.25, 0.3) is 0 Å². The Morgan fingerprint density at radius 2 is 1.69 bits per heavy atom. The number of aromatic nitrogens is 2. The van der Waals surface area contributed by atoms with Crippen LogP contribution in [0.2, 0.25) is 10.3 Å². The Hall–Kier alpha value is -1.32. The summed E-state index contributed by atoms with van der Waals surface area (Å²) in [4.78, 5) is 7.62. The SMILES string of the molecule is Cc1ccccc1Oc1c(Cl)ncnc1Cl. The van der Waals surface area contributed by atoms with Crippen molar-refractivity contribution in [2.75, 3.05) is 0 Å². The van der Waals surface area contributed by atoms with Gasteiger partial charge in [0, 0.05) is 0 Å². The van der Waals surface area contributed by atoms with E-state index in [4.69, 9.17) is 27.9 Å². The maximum absolute atomic E-state index is 5.87. The molecule has 5 heteroatoms. The molecule has 0 amide bonds. The van der Waals surface area contributed by atoms with Crippen molar-refractivity contribution in [1.82, 2.24) is 9.97 Å². The van der Waals surface area contributed by atoms with E-state index < -0.39 is 0 Å². The Bertz CT molecular complexity index is 497. The molecule has 0 spiro atoms. The van der Waals surface area contributed by atoms with Crippen molar-refractivity contribution in [3.63, 3.8) is 0 Å². The Labute approximate surface area is 103 Å². The van der Waals surface area contributed by atoms with Gasteiger partial charge >= 0.3 is 0 Å². The molecule has 1 aromatic heterocycles. The molecule has 0 atom stereocenters. The van der Waals surface area contributed by atoms with Crippen molar-refractivity contribution in [3.05, 3.63) is 46.5 Å². The zero-order valence-corrected chi connectivity index (χ0v) is 9.96. The number of rotatable bonds is 2. The molecule has 0 N–H and O–H groups in total. The second-order valence-corrected chi connectivity index (χ2v) is 3.87. The molecule has 0 radical (unpaired) electrons. The first kappa shape index (κ1) is 11.2. The van der Waals surface area contributed by atoms with E-state index in [-0.39, 0.29) is 16.1 Å². The van der Waals surface area contributed by atoms with E-state index in [1.165, 1.54) is 6.33 Å². The van der Waals surface area contributed by atoms with E-state index in [1.807, 2.05) is 31.2 Å². The van der Waals surface area contributed by atoms with Gasteiger partial charge in [-0.1, -0.05) is 41.4 Å². The Balaban J connectivity index is 2.38. The van der Waals surface area contributed by atoms with Crippen LogP contribution in [0.4, 0.5) is 0 Å². The van der Waals surface area contributed by atoms with Crippen LogP contribution >= 0.6 is 23.2 Å². The molecule has 0 bridgehead atoms. The van der Waals surface area contributed by atoms with Gasteiger partial charge in [0.2, 0.25) is 5.75 Å². The maximum Gasteiger partial charge on any atom is 0.201 e. The van der Waals surface area contributed by atoms with Crippen molar-refractivity contribution < 1.29 is 4.74 Å². The molecule has 2 rings (SSSR count). The van der Waals surface area contributed by atoms with Gasteiger partial charge in [0.1, 0.15) is 12.1 Å². The third kappa shape index (κ3) is 2.26. The lowest BCUT2D eigenvalue weighted by Gasteiger charge is -2.09. The highest BCUT2D eigenvalue weighted by Crippen LogP contribution is 2.33. The van der Waals surface area contributed by atoms with Crippen LogP contribution in [0.15, 0.2) is 30.6 Å². The quantitative estimate of drug-likeness (QED) is 0.763. The lowest BCUT2D eigenvalue weighted by Crippen LogP contribution is -1.92. The van der Waals surface area contributed by atoms with E-state index >= 15 is 0 Å². The number of aryl methyl sites for hydroxylation is 1. The predicted molar refractivity (Wildman–Crippen MR) is 63.3 cm³/mol. The van der Waals surface area contributed by atoms with E-state index in [2.05, 4.69) is 9.97 Å². The highest BCUT2D eigenvalue weighted by Gasteiger charge is 2.11. The highest BCUT2D eigenvalue weighted by atomic mass is 35.5. The van der Waals surface area contributed by atoms with E-state index in [9.17, 15) is 0 Å². The lowest BCUT2D eigenvalue weighted by molar-refractivity contribution is 0.474. The van der Waals surface area contributed by atoms with Crippen LogP contribution in [0.1, 0.15) is 5.56 Å². The molecule has 0 aliphatic carbocycles. The molecule has 2 aromatic rings. The standard InChI is InChI=1S/C11H8Cl2N2O/c1-7-4-2-3-5-8(7)16-9-10(12)14-6-15-11(9)13/h2-6H,1H3. The first-order chi connectivity index (χ1) is 7.68. The van der Waals surface area contributed by atoms with E-state index in [0.717, 1.165) is 5.56 Å². The summed E-state index contributed by atoms with van der Waals surface area (Å²) < 4.78 is 5.58. The fraction of sp³-hybridized carbons (Fsp3) is 0.0909. The average Bonchev–Trinajstić information content (AvgIpc) is 2.26. The molecule has 0 fully saturated rings. The first-order valence-corrected chi connectivity index (χ1v) is 5.33. The van der Waals surface area contributed by atoms with E-state index in [0.29, 0.717) is 5.75 Å². The van der Waals surface area contributed by atoms with Crippen LogP contribution in [0, 0.1) is 6.92 Å². The second-order valence-electron chi connectivity index (χ2n) is 3.15. The largest absolute Gasteiger partial charge is 0.451 e. The third-order valence-corrected chi connectivity index (χ3v) is 2.56. The van der Waals surface area contributed by atoms with Gasteiger partial charge in [-0.05, 0) is 18.6 Å². The number of benzene rings is 1. The number of nitrogens with zero attached hydrogens (tertiary/aromatic N) is 2. The number of hydrogen-bond acceptors (Lipinski definition) is 3. The van der Waals surface area contributed by atoms with Crippen LogP contribution in [-0.2, 0) is 0 Å². The molecule has 0 unspecified atom stereocenters. The smallest absolute Gasteiger partial charge is 0.201 e. The first-order valence-electron chi connectivity index (χ1n) is 4.58. The fourth-order valence-electron chi connectivity index (χ4n) is 1.20. The number of hydrogen-bond donors (Lipinski definition) is 0. The fourth-order valence-corrected chi connectivity index (χ4v) is 1.59. The Morgan fingerprint density at radius 3 is 2.31 bits per heavy atom. The zero-order chi connectivity index (χ0) is 11.5. The highest BCUT2D eigenvalue weighted by molar-refractivity contribution is 6.35. The molecule has 0 saturated carbocycles. The van der Waals surface area contributed by atoms with Crippen LogP contribution in [0.25, 0.3) is 0 Å². The molecule has 0 saturated heterocycles. The molecular formula is C11H8Cl2N2O. The Morgan fingerprint density at radius 1 is 1.06 bits per heavy atom. The Kier molecular flexibility index (Phi) is 3.27. The molecule has 82 valence electrons. The minimum atomic E-state index is 0.197. The van der Waals surface area contributed by atoms with Crippen LogP contribution in [0.3, 0.4) is 0 Å². The number of para-hydroxylation sites is 1. The molecular weight excluding hydrogens is 247 g/mol. The topological polar surface area (TPSA) is 35.0 Å². The summed E-state index contributed by atoms with van der Waals surface area (Å²) in [5.41, 5.74) is 0.985. The van der Waals surface area contributed by atoms with Crippen LogP contribution in [-0.4, -0.2) is 9.97 Å². The molecule has 1 aromatic carbocycles. The molecule has 0 aliphatic rings. The van der Waals surface area contributed by atoms with Gasteiger partial charge in [-0.15, -0.1) is 0 Å². The van der Waals surface area contributed by atoms with Crippen LogP contribution < -0.4 is 4.74 Å². The summed E-state index contributed by atoms with van der Waals surface area (Å²) >= 11 is 11.7. The average molecular weight is 255 g/mol. The van der Waals surface area contributed by atoms with Gasteiger partial charge in [-0.3, -0.25) is 0 Å². The summed E-state index contributed by atoms with van der Waals surface area (Å²) in [6.07, 6.45) is 1.29. The summed E-state index contributed by atoms with van der Waals surface area (Å²) in [6.45, 7) is 1.93. The summed E-state index contributed by atoms with van der Waals surface area (Å²) in [5.74, 6) is 0.959. The third-order valence-electron chi connectivity index (χ3n) is 2.02. The second kappa shape index (κ2) is 4.68. The minimum absolute atomic E-state index is 0.197. The predicted octanol–water partition coefficient (Wildman–Crippen LogP) is 3.88. The number of halogens is 2. The van der Waals surface area contributed by atoms with Crippen molar-refractivity contribution in [1.29, 1.82) is 0 Å². The van der Waals surface area contributed by atoms with Crippen molar-refractivity contribution in [2.45, 2.75) is 6.92 Å². The van der Waals surface area contributed by atoms with Gasteiger partial charge < -0.3 is 4.74 Å². The molecule has 16 heavy (non-hydrogen) atoms.